The first kappa shape index (κ1) is 22.6. The molecule has 1 N–H and O–H groups in total. The fraction of sp³-hybridized carbons (Fsp3) is 0.292. The molecule has 0 saturated heterocycles. The summed E-state index contributed by atoms with van der Waals surface area (Å²) in [6.45, 7) is 12.6. The molecule has 0 fully saturated rings. The molecule has 162 valence electrons. The van der Waals surface area contributed by atoms with Gasteiger partial charge in [0.05, 0.1) is 0 Å². The summed E-state index contributed by atoms with van der Waals surface area (Å²) >= 11 is 1.66. The molecule has 31 heavy (non-hydrogen) atoms. The average molecular weight is 438 g/mol. The lowest BCUT2D eigenvalue weighted by Gasteiger charge is -2.34. The second kappa shape index (κ2) is 9.39. The summed E-state index contributed by atoms with van der Waals surface area (Å²) in [5, 5.41) is 10.3. The summed E-state index contributed by atoms with van der Waals surface area (Å²) in [6.07, 6.45) is 5.78. The monoisotopic (exact) mass is 437 g/mol. The minimum atomic E-state index is -0.798. The number of rotatable bonds is 7. The van der Waals surface area contributed by atoms with E-state index in [-0.39, 0.29) is 24.1 Å². The lowest BCUT2D eigenvalue weighted by atomic mass is 9.97. The van der Waals surface area contributed by atoms with Crippen molar-refractivity contribution in [3.63, 3.8) is 0 Å². The van der Waals surface area contributed by atoms with Crippen LogP contribution in [-0.4, -0.2) is 44.3 Å². The zero-order valence-corrected chi connectivity index (χ0v) is 18.9. The predicted octanol–water partition coefficient (Wildman–Crippen LogP) is 3.90. The number of carbonyl (C=O) groups is 1. The van der Waals surface area contributed by atoms with Crippen LogP contribution >= 0.6 is 11.8 Å². The van der Waals surface area contributed by atoms with E-state index < -0.39 is 11.3 Å². The Labute approximate surface area is 186 Å². The fourth-order valence-electron chi connectivity index (χ4n) is 3.77. The van der Waals surface area contributed by atoms with E-state index in [4.69, 9.17) is 0 Å². The maximum Gasteiger partial charge on any atom is 0.315 e. The second-order valence-corrected chi connectivity index (χ2v) is 8.41. The molecular formula is C24H27N3O3S. The van der Waals surface area contributed by atoms with E-state index in [2.05, 4.69) is 18.1 Å². The number of amides is 1. The number of aromatic nitrogens is 2. The van der Waals surface area contributed by atoms with Crippen molar-refractivity contribution in [3.05, 3.63) is 82.6 Å². The first-order valence-electron chi connectivity index (χ1n) is 10.1. The molecular weight excluding hydrogens is 410 g/mol. The molecule has 0 unspecified atom stereocenters. The maximum absolute atomic E-state index is 12.9. The Morgan fingerprint density at radius 1 is 1.19 bits per heavy atom. The lowest BCUT2D eigenvalue weighted by Crippen LogP contribution is -2.46. The first-order chi connectivity index (χ1) is 14.8. The third kappa shape index (κ3) is 4.37. The van der Waals surface area contributed by atoms with E-state index in [1.807, 2.05) is 44.4 Å². The Bertz CT molecular complexity index is 1110. The minimum Gasteiger partial charge on any atom is -0.501 e. The Hall–Kier alpha value is -3.06. The summed E-state index contributed by atoms with van der Waals surface area (Å²) in [5.41, 5.74) is 1.89. The Kier molecular flexibility index (Phi) is 6.85. The molecule has 6 nitrogen and oxygen atoms in total. The van der Waals surface area contributed by atoms with E-state index in [1.165, 1.54) is 0 Å². The molecule has 0 spiro atoms. The standard InChI is InChI=1S/C24H27N3O3S/c1-6-16(19(7-2)17-8-10-18(31-5)11-9-17)14-20-25-23(29)22(28)21-24(30)26(15(3)4)12-13-27(20)21/h6-11,15,28H,1-2,12-14H2,3-5H3/b19-16-. The van der Waals surface area contributed by atoms with Crippen LogP contribution in [0.15, 0.2) is 64.8 Å². The Balaban J connectivity index is 2.10. The maximum atomic E-state index is 12.9. The van der Waals surface area contributed by atoms with Crippen molar-refractivity contribution in [1.29, 1.82) is 0 Å². The summed E-state index contributed by atoms with van der Waals surface area (Å²) < 4.78 is 1.65. The molecule has 0 radical (unpaired) electrons. The normalized spacial score (nSPS) is 14.3. The third-order valence-electron chi connectivity index (χ3n) is 5.44. The van der Waals surface area contributed by atoms with Crippen molar-refractivity contribution in [3.8, 4) is 5.75 Å². The first-order valence-corrected chi connectivity index (χ1v) is 11.3. The molecule has 1 aliphatic rings. The van der Waals surface area contributed by atoms with Crippen LogP contribution in [0.2, 0.25) is 0 Å². The van der Waals surface area contributed by atoms with Gasteiger partial charge in [-0.1, -0.05) is 37.4 Å². The van der Waals surface area contributed by atoms with E-state index >= 15 is 0 Å². The minimum absolute atomic E-state index is 0.00263. The molecule has 0 atom stereocenters. The molecule has 0 bridgehead atoms. The van der Waals surface area contributed by atoms with Gasteiger partial charge in [0, 0.05) is 30.4 Å². The van der Waals surface area contributed by atoms with Crippen LogP contribution in [0.1, 0.15) is 35.7 Å². The largest absolute Gasteiger partial charge is 0.501 e. The number of carbonyl (C=O) groups excluding carboxylic acids is 1. The summed E-state index contributed by atoms with van der Waals surface area (Å²) in [6, 6.07) is 8.07. The topological polar surface area (TPSA) is 75.4 Å². The van der Waals surface area contributed by atoms with Gasteiger partial charge in [-0.05, 0) is 48.9 Å². The molecule has 1 aromatic heterocycles. The smallest absolute Gasteiger partial charge is 0.315 e. The highest BCUT2D eigenvalue weighted by Crippen LogP contribution is 2.27. The van der Waals surface area contributed by atoms with Gasteiger partial charge < -0.3 is 14.6 Å². The van der Waals surface area contributed by atoms with Gasteiger partial charge in [0.15, 0.2) is 5.69 Å². The molecule has 2 heterocycles. The second-order valence-electron chi connectivity index (χ2n) is 7.53. The van der Waals surface area contributed by atoms with Crippen LogP contribution in [-0.2, 0) is 13.0 Å². The fourth-order valence-corrected chi connectivity index (χ4v) is 4.18. The average Bonchev–Trinajstić information content (AvgIpc) is 2.76. The van der Waals surface area contributed by atoms with Crippen LogP contribution < -0.4 is 5.56 Å². The summed E-state index contributed by atoms with van der Waals surface area (Å²) in [7, 11) is 0. The zero-order chi connectivity index (χ0) is 22.7. The molecule has 0 saturated carbocycles. The van der Waals surface area contributed by atoms with Gasteiger partial charge in [-0.25, -0.2) is 0 Å². The number of nitrogens with zero attached hydrogens (tertiary/aromatic N) is 3. The van der Waals surface area contributed by atoms with E-state index in [1.54, 1.807) is 33.4 Å². The van der Waals surface area contributed by atoms with Crippen LogP contribution in [0, 0.1) is 0 Å². The van der Waals surface area contributed by atoms with Gasteiger partial charge in [-0.2, -0.15) is 4.98 Å². The van der Waals surface area contributed by atoms with Crippen molar-refractivity contribution < 1.29 is 9.90 Å². The van der Waals surface area contributed by atoms with E-state index in [0.717, 1.165) is 21.6 Å². The summed E-state index contributed by atoms with van der Waals surface area (Å²) in [5.74, 6) is -0.537. The van der Waals surface area contributed by atoms with Gasteiger partial charge >= 0.3 is 5.56 Å². The van der Waals surface area contributed by atoms with Gasteiger partial charge in [-0.3, -0.25) is 9.59 Å². The number of benzene rings is 1. The number of fused-ring (bicyclic) bond motifs is 1. The molecule has 1 aliphatic heterocycles. The Morgan fingerprint density at radius 2 is 1.87 bits per heavy atom. The molecule has 1 aromatic carbocycles. The number of thioether (sulfide) groups is 1. The van der Waals surface area contributed by atoms with Crippen molar-refractivity contribution in [1.82, 2.24) is 14.5 Å². The lowest BCUT2D eigenvalue weighted by molar-refractivity contribution is 0.0638. The van der Waals surface area contributed by atoms with Gasteiger partial charge in [-0.15, -0.1) is 11.8 Å². The highest BCUT2D eigenvalue weighted by molar-refractivity contribution is 7.98. The molecule has 1 amide bonds. The van der Waals surface area contributed by atoms with Crippen molar-refractivity contribution in [2.24, 2.45) is 0 Å². The van der Waals surface area contributed by atoms with Crippen LogP contribution in [0.5, 0.6) is 5.75 Å². The summed E-state index contributed by atoms with van der Waals surface area (Å²) in [4.78, 5) is 32.2. The third-order valence-corrected chi connectivity index (χ3v) is 6.18. The number of hydrogen-bond acceptors (Lipinski definition) is 5. The highest BCUT2D eigenvalue weighted by atomic mass is 32.2. The van der Waals surface area contributed by atoms with Crippen molar-refractivity contribution in [2.45, 2.75) is 37.8 Å². The predicted molar refractivity (Wildman–Crippen MR) is 126 cm³/mol. The van der Waals surface area contributed by atoms with Crippen LogP contribution in [0.4, 0.5) is 0 Å². The van der Waals surface area contributed by atoms with E-state index in [9.17, 15) is 14.7 Å². The van der Waals surface area contributed by atoms with Crippen LogP contribution in [0.3, 0.4) is 0 Å². The van der Waals surface area contributed by atoms with Crippen LogP contribution in [0.25, 0.3) is 5.57 Å². The number of allylic oxidation sites excluding steroid dienone is 4. The molecule has 2 aromatic rings. The van der Waals surface area contributed by atoms with Gasteiger partial charge in [0.25, 0.3) is 5.91 Å². The molecule has 3 rings (SSSR count). The number of hydrogen-bond donors (Lipinski definition) is 1. The van der Waals surface area contributed by atoms with Gasteiger partial charge in [0.1, 0.15) is 5.82 Å². The SMILES string of the molecule is C=C/C(Cc1nc(=O)c(O)c2n1CCN(C(C)C)C2=O)=C(\C=C)c1ccc(SC)cc1. The Morgan fingerprint density at radius 3 is 2.42 bits per heavy atom. The zero-order valence-electron chi connectivity index (χ0n) is 18.1. The highest BCUT2D eigenvalue weighted by Gasteiger charge is 2.32. The molecule has 7 heteroatoms. The molecule has 0 aliphatic carbocycles. The number of aromatic hydroxyl groups is 1. The van der Waals surface area contributed by atoms with E-state index in [0.29, 0.717) is 18.9 Å². The van der Waals surface area contributed by atoms with Crippen molar-refractivity contribution in [2.75, 3.05) is 12.8 Å². The van der Waals surface area contributed by atoms with Gasteiger partial charge in [0.2, 0.25) is 5.75 Å². The quantitative estimate of drug-likeness (QED) is 0.525. The van der Waals surface area contributed by atoms with Crippen molar-refractivity contribution >= 4 is 23.2 Å².